The summed E-state index contributed by atoms with van der Waals surface area (Å²) in [4.78, 5) is 0. The van der Waals surface area contributed by atoms with E-state index in [-0.39, 0.29) is 0 Å². The molecule has 0 radical (unpaired) electrons. The number of hydrogen-bond donors (Lipinski definition) is 0. The minimum Gasteiger partial charge on any atom is -0.122 e. The van der Waals surface area contributed by atoms with Gasteiger partial charge in [0.1, 0.15) is 0 Å². The van der Waals surface area contributed by atoms with Crippen molar-refractivity contribution in [3.63, 3.8) is 0 Å². The first-order valence-corrected chi connectivity index (χ1v) is 13.5. The Bertz CT molecular complexity index is 146. The average molecular weight is 349 g/mol. The fourth-order valence-corrected chi connectivity index (χ4v) is 6.35. The van der Waals surface area contributed by atoms with Gasteiger partial charge in [0.25, 0.3) is 0 Å². The van der Waals surface area contributed by atoms with Crippen molar-refractivity contribution >= 4 is 16.5 Å². The van der Waals surface area contributed by atoms with Gasteiger partial charge in [-0.2, -0.15) is 0 Å². The van der Waals surface area contributed by atoms with E-state index in [0.717, 1.165) is 0 Å². The van der Waals surface area contributed by atoms with Crippen molar-refractivity contribution in [2.24, 2.45) is 0 Å². The molecule has 0 aromatic heterocycles. The van der Waals surface area contributed by atoms with E-state index in [2.05, 4.69) is 34.6 Å². The lowest BCUT2D eigenvalue weighted by molar-refractivity contribution is 0.776. The summed E-state index contributed by atoms with van der Waals surface area (Å²) in [6, 6.07) is 0. The molecule has 0 N–H and O–H groups in total. The SMILES string of the molecule is CCCCCPCCC.CCCCP(CCCC)CCCC. The maximum absolute atomic E-state index is 2.31. The quantitative estimate of drug-likeness (QED) is 0.207. The normalized spacial score (nSPS) is 11.2. The van der Waals surface area contributed by atoms with Gasteiger partial charge in [0.2, 0.25) is 0 Å². The van der Waals surface area contributed by atoms with Crippen molar-refractivity contribution in [3.8, 4) is 0 Å². The van der Waals surface area contributed by atoms with E-state index in [0.29, 0.717) is 7.92 Å². The van der Waals surface area contributed by atoms with Gasteiger partial charge >= 0.3 is 0 Å². The van der Waals surface area contributed by atoms with Crippen molar-refractivity contribution in [2.45, 2.75) is 98.8 Å². The summed E-state index contributed by atoms with van der Waals surface area (Å²) in [6.07, 6.45) is 21.8. The molecule has 0 aromatic carbocycles. The lowest BCUT2D eigenvalue weighted by atomic mass is 10.3. The summed E-state index contributed by atoms with van der Waals surface area (Å²) >= 11 is 0. The van der Waals surface area contributed by atoms with Crippen LogP contribution in [0.1, 0.15) is 98.8 Å². The van der Waals surface area contributed by atoms with Crippen LogP contribution < -0.4 is 0 Å². The summed E-state index contributed by atoms with van der Waals surface area (Å²) in [7, 11) is 1.66. The fraction of sp³-hybridized carbons (Fsp3) is 1.00. The summed E-state index contributed by atoms with van der Waals surface area (Å²) < 4.78 is 0. The lowest BCUT2D eigenvalue weighted by Gasteiger charge is -2.16. The molecule has 0 rings (SSSR count). The number of rotatable bonds is 15. The Morgan fingerprint density at radius 1 is 0.500 bits per heavy atom. The van der Waals surface area contributed by atoms with E-state index in [1.54, 1.807) is 18.5 Å². The zero-order chi connectivity index (χ0) is 16.9. The second kappa shape index (κ2) is 24.1. The Balaban J connectivity index is 0. The minimum atomic E-state index is 0.422. The van der Waals surface area contributed by atoms with E-state index in [9.17, 15) is 0 Å². The first kappa shape index (κ1) is 25.1. The zero-order valence-electron chi connectivity index (χ0n) is 16.6. The summed E-state index contributed by atoms with van der Waals surface area (Å²) in [6.45, 7) is 11.5. The van der Waals surface area contributed by atoms with E-state index in [1.165, 1.54) is 85.1 Å². The van der Waals surface area contributed by atoms with Crippen LogP contribution in [0.3, 0.4) is 0 Å². The highest BCUT2D eigenvalue weighted by atomic mass is 31.1. The highest BCUT2D eigenvalue weighted by Gasteiger charge is 2.05. The summed E-state index contributed by atoms with van der Waals surface area (Å²) in [5, 5.41) is 0. The molecule has 0 spiro atoms. The molecule has 1 atom stereocenters. The van der Waals surface area contributed by atoms with Gasteiger partial charge in [-0.05, 0) is 56.5 Å². The topological polar surface area (TPSA) is 0 Å². The molecule has 0 saturated heterocycles. The molecule has 0 saturated carbocycles. The molecule has 0 fully saturated rings. The first-order chi connectivity index (χ1) is 10.8. The molecule has 22 heavy (non-hydrogen) atoms. The molecule has 2 heteroatoms. The van der Waals surface area contributed by atoms with E-state index in [4.69, 9.17) is 0 Å². The lowest BCUT2D eigenvalue weighted by Crippen LogP contribution is -1.95. The molecule has 0 aliphatic carbocycles. The summed E-state index contributed by atoms with van der Waals surface area (Å²) in [5.74, 6) is 0. The molecule has 0 nitrogen and oxygen atoms in total. The molecule has 1 unspecified atom stereocenters. The molecule has 0 bridgehead atoms. The van der Waals surface area contributed by atoms with Crippen molar-refractivity contribution in [1.29, 1.82) is 0 Å². The average Bonchev–Trinajstić information content (AvgIpc) is 2.55. The monoisotopic (exact) mass is 348 g/mol. The van der Waals surface area contributed by atoms with Crippen LogP contribution in [0.2, 0.25) is 0 Å². The predicted octanol–water partition coefficient (Wildman–Crippen LogP) is 8.13. The highest BCUT2D eigenvalue weighted by molar-refractivity contribution is 7.57. The van der Waals surface area contributed by atoms with E-state index in [1.807, 2.05) is 0 Å². The molecule has 0 aliphatic heterocycles. The van der Waals surface area contributed by atoms with Crippen LogP contribution in [-0.4, -0.2) is 30.8 Å². The van der Waals surface area contributed by atoms with Gasteiger partial charge in [-0.25, -0.2) is 0 Å². The van der Waals surface area contributed by atoms with Crippen molar-refractivity contribution in [3.05, 3.63) is 0 Å². The third kappa shape index (κ3) is 23.1. The molecule has 0 heterocycles. The fourth-order valence-electron chi connectivity index (χ4n) is 2.28. The Morgan fingerprint density at radius 3 is 1.32 bits per heavy atom. The second-order valence-corrected chi connectivity index (χ2v) is 10.5. The number of hydrogen-bond acceptors (Lipinski definition) is 0. The Hall–Kier alpha value is 0.860. The Morgan fingerprint density at radius 2 is 0.955 bits per heavy atom. The zero-order valence-corrected chi connectivity index (χ0v) is 18.4. The van der Waals surface area contributed by atoms with Crippen LogP contribution >= 0.6 is 16.5 Å². The molecule has 0 aromatic rings. The molecular weight excluding hydrogens is 302 g/mol. The Labute approximate surface area is 146 Å². The number of unbranched alkanes of at least 4 members (excludes halogenated alkanes) is 5. The van der Waals surface area contributed by atoms with Gasteiger partial charge in [0, 0.05) is 0 Å². The second-order valence-electron chi connectivity index (χ2n) is 6.36. The van der Waals surface area contributed by atoms with Crippen LogP contribution in [0.5, 0.6) is 0 Å². The molecule has 136 valence electrons. The van der Waals surface area contributed by atoms with Gasteiger partial charge in [-0.15, -0.1) is 16.5 Å². The molecule has 0 amide bonds. The smallest absolute Gasteiger partial charge is 0.0326 e. The van der Waals surface area contributed by atoms with Gasteiger partial charge < -0.3 is 0 Å². The molecular formula is C20H46P2. The maximum atomic E-state index is 2.31. The van der Waals surface area contributed by atoms with Crippen LogP contribution in [-0.2, 0) is 0 Å². The summed E-state index contributed by atoms with van der Waals surface area (Å²) in [5.41, 5.74) is 0. The van der Waals surface area contributed by atoms with Crippen molar-refractivity contribution in [1.82, 2.24) is 0 Å². The van der Waals surface area contributed by atoms with Gasteiger partial charge in [0.05, 0.1) is 0 Å². The first-order valence-electron chi connectivity index (χ1n) is 10.2. The largest absolute Gasteiger partial charge is 0.122 e. The van der Waals surface area contributed by atoms with E-state index >= 15 is 0 Å². The molecule has 0 aliphatic rings. The maximum Gasteiger partial charge on any atom is -0.0326 e. The third-order valence-corrected chi connectivity index (χ3v) is 8.27. The van der Waals surface area contributed by atoms with Crippen LogP contribution in [0, 0.1) is 0 Å². The van der Waals surface area contributed by atoms with Crippen molar-refractivity contribution in [2.75, 3.05) is 30.8 Å². The Kier molecular flexibility index (Phi) is 27.5. The standard InChI is InChI=1S/C12H27P.C8H19P/c1-4-7-10-13(11-8-5-2)12-9-6-3;1-3-5-6-8-9-7-4-2/h4-12H2,1-3H3;9H,3-8H2,1-2H3. The van der Waals surface area contributed by atoms with Gasteiger partial charge in [0.15, 0.2) is 0 Å². The van der Waals surface area contributed by atoms with Crippen LogP contribution in [0.4, 0.5) is 0 Å². The third-order valence-electron chi connectivity index (χ3n) is 3.87. The predicted molar refractivity (Wildman–Crippen MR) is 114 cm³/mol. The van der Waals surface area contributed by atoms with Crippen molar-refractivity contribution < 1.29 is 0 Å². The van der Waals surface area contributed by atoms with Gasteiger partial charge in [-0.3, -0.25) is 0 Å². The van der Waals surface area contributed by atoms with Crippen LogP contribution in [0.15, 0.2) is 0 Å². The minimum absolute atomic E-state index is 0.422. The van der Waals surface area contributed by atoms with Crippen LogP contribution in [0.25, 0.3) is 0 Å². The highest BCUT2D eigenvalue weighted by Crippen LogP contribution is 2.38. The van der Waals surface area contributed by atoms with E-state index < -0.39 is 0 Å². The van der Waals surface area contributed by atoms with Gasteiger partial charge in [-0.1, -0.05) is 73.1 Å².